The minimum atomic E-state index is -9.93. The van der Waals surface area contributed by atoms with Gasteiger partial charge in [-0.2, -0.15) is 0 Å². The maximum absolute atomic E-state index is 12.4. The third-order valence-corrected chi connectivity index (χ3v) is 2.56. The predicted molar refractivity (Wildman–Crippen MR) is 44.2 cm³/mol. The summed E-state index contributed by atoms with van der Waals surface area (Å²) in [6, 6.07) is -0.00897. The lowest BCUT2D eigenvalue weighted by Gasteiger charge is -2.40. The molecule has 0 radical (unpaired) electrons. The molecule has 0 atom stereocenters. The molecule has 0 saturated carbocycles. The molecule has 1 rings (SSSR count). The summed E-state index contributed by atoms with van der Waals surface area (Å²) in [5.74, 6) is -0.990. The van der Waals surface area contributed by atoms with Crippen LogP contribution in [0.5, 0.6) is 5.75 Å². The fraction of sp³-hybridized carbons (Fsp3) is 0.143. The Balaban J connectivity index is 3.55. The lowest BCUT2D eigenvalue weighted by Crippen LogP contribution is -2.05. The topological polar surface area (TPSA) is 20.2 Å². The van der Waals surface area contributed by atoms with Gasteiger partial charge in [-0.1, -0.05) is 19.4 Å². The minimum Gasteiger partial charge on any atom is -0.508 e. The molecule has 0 aromatic heterocycles. The smallest absolute Gasteiger partial charge is 0.310 e. The van der Waals surface area contributed by atoms with E-state index in [1.54, 1.807) is 0 Å². The van der Waals surface area contributed by atoms with Gasteiger partial charge in [0.2, 0.25) is 0 Å². The predicted octanol–water partition coefficient (Wildman–Crippen LogP) is 4.36. The Labute approximate surface area is 81.1 Å². The van der Waals surface area contributed by atoms with Crippen LogP contribution < -0.4 is 0 Å². The van der Waals surface area contributed by atoms with Crippen LogP contribution in [0.4, 0.5) is 19.4 Å². The zero-order valence-electron chi connectivity index (χ0n) is 9.48. The van der Waals surface area contributed by atoms with E-state index in [1.807, 2.05) is 0 Å². The zero-order valence-corrected chi connectivity index (χ0v) is 7.29. The van der Waals surface area contributed by atoms with Crippen LogP contribution in [-0.4, -0.2) is 5.11 Å². The highest BCUT2D eigenvalue weighted by Gasteiger charge is 2.65. The average molecular weight is 237 g/mol. The number of phenols is 1. The highest BCUT2D eigenvalue weighted by Crippen LogP contribution is 3.02. The number of aromatic hydroxyl groups is 1. The van der Waals surface area contributed by atoms with Crippen molar-refractivity contribution in [1.29, 1.82) is 0 Å². The summed E-state index contributed by atoms with van der Waals surface area (Å²) in [7, 11) is -9.93. The first kappa shape index (κ1) is 7.33. The molecule has 7 heteroatoms. The van der Waals surface area contributed by atoms with Crippen LogP contribution in [0.3, 0.4) is 0 Å². The van der Waals surface area contributed by atoms with Gasteiger partial charge >= 0.3 is 10.2 Å². The van der Waals surface area contributed by atoms with Gasteiger partial charge in [-0.25, -0.2) is 0 Å². The van der Waals surface area contributed by atoms with Gasteiger partial charge in [-0.15, -0.1) is 0 Å². The second-order valence-electron chi connectivity index (χ2n) is 2.65. The molecule has 0 aliphatic rings. The standard InChI is InChI=1S/C7H7F5OS/c1-5-4-6(2-3-7(5)13)14(8,9,10,11)12/h2-4,13H,1H3/i1D3. The van der Waals surface area contributed by atoms with E-state index in [4.69, 9.17) is 9.22 Å². The Hall–Kier alpha value is -0.980. The van der Waals surface area contributed by atoms with Crippen LogP contribution in [-0.2, 0) is 0 Å². The van der Waals surface area contributed by atoms with E-state index in [0.29, 0.717) is 0 Å². The maximum Gasteiger partial charge on any atom is 0.310 e. The molecule has 82 valence electrons. The van der Waals surface area contributed by atoms with E-state index in [9.17, 15) is 19.4 Å². The van der Waals surface area contributed by atoms with Crippen molar-refractivity contribution < 1.29 is 28.6 Å². The molecule has 0 spiro atoms. The normalized spacial score (nSPS) is 21.4. The van der Waals surface area contributed by atoms with E-state index in [1.165, 1.54) is 0 Å². The SMILES string of the molecule is [2H]C([2H])([2H])c1cc(S(F)(F)(F)(F)F)ccc1O. The van der Waals surface area contributed by atoms with E-state index < -0.39 is 33.3 Å². The third-order valence-electron chi connectivity index (χ3n) is 1.41. The molecule has 0 fully saturated rings. The number of hydrogen-bond acceptors (Lipinski definition) is 1. The summed E-state index contributed by atoms with van der Waals surface area (Å²) in [4.78, 5) is -2.34. The number of benzene rings is 1. The molecule has 14 heavy (non-hydrogen) atoms. The summed E-state index contributed by atoms with van der Waals surface area (Å²) in [5, 5.41) is 9.05. The van der Waals surface area contributed by atoms with Gasteiger partial charge in [-0.05, 0) is 30.6 Å². The number of hydrogen-bond donors (Lipinski definition) is 1. The van der Waals surface area contributed by atoms with E-state index >= 15 is 0 Å². The second-order valence-corrected chi connectivity index (χ2v) is 5.06. The molecule has 0 saturated heterocycles. The van der Waals surface area contributed by atoms with E-state index in [-0.39, 0.29) is 18.2 Å². The van der Waals surface area contributed by atoms with Crippen molar-refractivity contribution in [3.63, 3.8) is 0 Å². The Morgan fingerprint density at radius 3 is 2.21 bits per heavy atom. The van der Waals surface area contributed by atoms with Crippen molar-refractivity contribution in [3.05, 3.63) is 23.8 Å². The van der Waals surface area contributed by atoms with Crippen LogP contribution in [0.25, 0.3) is 0 Å². The second kappa shape index (κ2) is 2.16. The molecular weight excluding hydrogens is 227 g/mol. The van der Waals surface area contributed by atoms with Crippen LogP contribution >= 0.6 is 10.2 Å². The van der Waals surface area contributed by atoms with Crippen LogP contribution in [0.1, 0.15) is 9.68 Å². The summed E-state index contributed by atoms with van der Waals surface area (Å²) < 4.78 is 82.4. The van der Waals surface area contributed by atoms with Crippen molar-refractivity contribution in [2.75, 3.05) is 0 Å². The van der Waals surface area contributed by atoms with Crippen molar-refractivity contribution in [3.8, 4) is 5.75 Å². The van der Waals surface area contributed by atoms with Gasteiger partial charge in [0.05, 0.1) is 0 Å². The third kappa shape index (κ3) is 2.28. The Morgan fingerprint density at radius 2 is 1.79 bits per heavy atom. The van der Waals surface area contributed by atoms with Crippen molar-refractivity contribution >= 4 is 10.2 Å². The molecule has 1 N–H and O–H groups in total. The molecule has 1 nitrogen and oxygen atoms in total. The quantitative estimate of drug-likeness (QED) is 0.719. The van der Waals surface area contributed by atoms with Crippen LogP contribution in [0.2, 0.25) is 0 Å². The zero-order chi connectivity index (χ0) is 13.8. The molecular formula is C7H7F5OS. The van der Waals surface area contributed by atoms with E-state index in [2.05, 4.69) is 0 Å². The van der Waals surface area contributed by atoms with Crippen LogP contribution in [0.15, 0.2) is 23.1 Å². The summed E-state index contributed by atoms with van der Waals surface area (Å²) >= 11 is 0. The average Bonchev–Trinajstić information content (AvgIpc) is 1.97. The first-order valence-corrected chi connectivity index (χ1v) is 5.14. The largest absolute Gasteiger partial charge is 0.508 e. The monoisotopic (exact) mass is 237 g/mol. The first-order valence-electron chi connectivity index (χ1n) is 4.69. The summed E-state index contributed by atoms with van der Waals surface area (Å²) in [6.07, 6.45) is 0. The van der Waals surface area contributed by atoms with Gasteiger partial charge in [0.25, 0.3) is 0 Å². The molecule has 0 heterocycles. The molecule has 0 unspecified atom stereocenters. The number of aryl methyl sites for hydroxylation is 1. The Bertz CT molecular complexity index is 466. The summed E-state index contributed by atoms with van der Waals surface area (Å²) in [5.41, 5.74) is -1.16. The van der Waals surface area contributed by atoms with E-state index in [0.717, 1.165) is 0 Å². The lowest BCUT2D eigenvalue weighted by atomic mass is 10.2. The van der Waals surface area contributed by atoms with Gasteiger partial charge < -0.3 is 5.11 Å². The molecule has 0 amide bonds. The first-order chi connectivity index (χ1) is 7.11. The van der Waals surface area contributed by atoms with Gasteiger partial charge in [0.15, 0.2) is 0 Å². The molecule has 0 aliphatic carbocycles. The van der Waals surface area contributed by atoms with Gasteiger partial charge in [0, 0.05) is 4.11 Å². The molecule has 0 aliphatic heterocycles. The number of halogens is 5. The van der Waals surface area contributed by atoms with Crippen molar-refractivity contribution in [2.45, 2.75) is 11.7 Å². The maximum atomic E-state index is 12.4. The molecule has 0 bridgehead atoms. The van der Waals surface area contributed by atoms with Crippen molar-refractivity contribution in [1.82, 2.24) is 0 Å². The summed E-state index contributed by atoms with van der Waals surface area (Å²) in [6.45, 7) is -3.11. The van der Waals surface area contributed by atoms with Crippen LogP contribution in [0, 0.1) is 6.85 Å². The number of phenolic OH excluding ortho intramolecular Hbond substituents is 1. The minimum absolute atomic E-state index is 0.0495. The van der Waals surface area contributed by atoms with Crippen molar-refractivity contribution in [2.24, 2.45) is 0 Å². The van der Waals surface area contributed by atoms with Gasteiger partial charge in [-0.3, -0.25) is 0 Å². The lowest BCUT2D eigenvalue weighted by molar-refractivity contribution is 0.363. The fourth-order valence-electron chi connectivity index (χ4n) is 0.755. The highest BCUT2D eigenvalue weighted by molar-refractivity contribution is 8.45. The van der Waals surface area contributed by atoms with Gasteiger partial charge in [0.1, 0.15) is 10.6 Å². The Kier molecular flexibility index (Phi) is 1.13. The number of rotatable bonds is 1. The fourth-order valence-corrected chi connectivity index (χ4v) is 1.42. The Morgan fingerprint density at radius 1 is 1.21 bits per heavy atom. The highest BCUT2D eigenvalue weighted by atomic mass is 32.5. The molecule has 1 aromatic rings. The molecule has 1 aromatic carbocycles.